The average molecular weight is 339 g/mol. The Morgan fingerprint density at radius 2 is 2.21 bits per heavy atom. The standard InChI is InChI=1S/C13H9BrClN3O/c14-11-5-10(7-16-8-11)13(19)18-17-6-9-2-1-3-12(15)4-9/h1-8H,(H,18,19). The van der Waals surface area contributed by atoms with Crippen LogP contribution in [-0.2, 0) is 0 Å². The minimum absolute atomic E-state index is 0.327. The molecule has 0 atom stereocenters. The fourth-order valence-electron chi connectivity index (χ4n) is 1.35. The Balaban J connectivity index is 2.01. The van der Waals surface area contributed by atoms with Gasteiger partial charge in [0.05, 0.1) is 11.8 Å². The van der Waals surface area contributed by atoms with Crippen molar-refractivity contribution in [3.8, 4) is 0 Å². The molecule has 96 valence electrons. The summed E-state index contributed by atoms with van der Waals surface area (Å²) in [4.78, 5) is 15.6. The van der Waals surface area contributed by atoms with Crippen LogP contribution in [0.3, 0.4) is 0 Å². The summed E-state index contributed by atoms with van der Waals surface area (Å²) in [5.41, 5.74) is 3.65. The predicted molar refractivity (Wildman–Crippen MR) is 78.4 cm³/mol. The highest BCUT2D eigenvalue weighted by Crippen LogP contribution is 2.10. The van der Waals surface area contributed by atoms with E-state index >= 15 is 0 Å². The second-order valence-electron chi connectivity index (χ2n) is 3.65. The zero-order valence-corrected chi connectivity index (χ0v) is 12.0. The van der Waals surface area contributed by atoms with E-state index in [1.54, 1.807) is 24.4 Å². The summed E-state index contributed by atoms with van der Waals surface area (Å²) in [5.74, 6) is -0.327. The van der Waals surface area contributed by atoms with Crippen molar-refractivity contribution in [2.45, 2.75) is 0 Å². The molecule has 0 unspecified atom stereocenters. The van der Waals surface area contributed by atoms with Gasteiger partial charge in [0, 0.05) is 21.9 Å². The molecule has 0 fully saturated rings. The molecule has 0 radical (unpaired) electrons. The van der Waals surface area contributed by atoms with E-state index in [0.717, 1.165) is 10.0 Å². The Bertz CT molecular complexity index is 631. The molecule has 0 aliphatic heterocycles. The van der Waals surface area contributed by atoms with Crippen molar-refractivity contribution in [3.63, 3.8) is 0 Å². The molecule has 1 amide bonds. The van der Waals surface area contributed by atoms with Crippen LogP contribution in [-0.4, -0.2) is 17.1 Å². The Hall–Kier alpha value is -1.72. The average Bonchev–Trinajstić information content (AvgIpc) is 2.38. The number of carbonyl (C=O) groups is 1. The van der Waals surface area contributed by atoms with Crippen LogP contribution in [0.5, 0.6) is 0 Å². The molecule has 0 spiro atoms. The first-order valence-corrected chi connectivity index (χ1v) is 6.52. The predicted octanol–water partition coefficient (Wildman–Crippen LogP) is 3.26. The summed E-state index contributed by atoms with van der Waals surface area (Å²) in [6, 6.07) is 8.83. The van der Waals surface area contributed by atoms with Crippen LogP contribution >= 0.6 is 27.5 Å². The van der Waals surface area contributed by atoms with E-state index in [9.17, 15) is 4.79 Å². The largest absolute Gasteiger partial charge is 0.272 e. The summed E-state index contributed by atoms with van der Waals surface area (Å²) in [5, 5.41) is 4.48. The number of aromatic nitrogens is 1. The van der Waals surface area contributed by atoms with Gasteiger partial charge < -0.3 is 0 Å². The van der Waals surface area contributed by atoms with Crippen LogP contribution in [0, 0.1) is 0 Å². The molecule has 0 saturated heterocycles. The number of halogens is 2. The molecule has 19 heavy (non-hydrogen) atoms. The minimum atomic E-state index is -0.327. The third kappa shape index (κ3) is 4.15. The minimum Gasteiger partial charge on any atom is -0.267 e. The molecule has 1 N–H and O–H groups in total. The normalized spacial score (nSPS) is 10.6. The molecule has 6 heteroatoms. The van der Waals surface area contributed by atoms with Crippen LogP contribution in [0.1, 0.15) is 15.9 Å². The molecule has 2 rings (SSSR count). The second kappa shape index (κ2) is 6.45. The number of rotatable bonds is 3. The monoisotopic (exact) mass is 337 g/mol. The van der Waals surface area contributed by atoms with Gasteiger partial charge in [-0.2, -0.15) is 5.10 Å². The lowest BCUT2D eigenvalue weighted by atomic mass is 10.2. The summed E-state index contributed by atoms with van der Waals surface area (Å²) in [6.45, 7) is 0. The highest BCUT2D eigenvalue weighted by atomic mass is 79.9. The number of pyridine rings is 1. The lowest BCUT2D eigenvalue weighted by Crippen LogP contribution is -2.17. The summed E-state index contributed by atoms with van der Waals surface area (Å²) >= 11 is 9.08. The van der Waals surface area contributed by atoms with Gasteiger partial charge in [0.15, 0.2) is 0 Å². The number of amides is 1. The second-order valence-corrected chi connectivity index (χ2v) is 5.00. The quantitative estimate of drug-likeness (QED) is 0.690. The van der Waals surface area contributed by atoms with Crippen molar-refractivity contribution in [3.05, 3.63) is 63.3 Å². The number of carbonyl (C=O) groups excluding carboxylic acids is 1. The maximum Gasteiger partial charge on any atom is 0.272 e. The van der Waals surface area contributed by atoms with Gasteiger partial charge in [-0.05, 0) is 39.7 Å². The number of hydrogen-bond donors (Lipinski definition) is 1. The lowest BCUT2D eigenvalue weighted by molar-refractivity contribution is 0.0954. The van der Waals surface area contributed by atoms with E-state index in [4.69, 9.17) is 11.6 Å². The van der Waals surface area contributed by atoms with E-state index in [1.165, 1.54) is 12.4 Å². The van der Waals surface area contributed by atoms with Gasteiger partial charge in [0.25, 0.3) is 5.91 Å². The van der Waals surface area contributed by atoms with Gasteiger partial charge in [-0.1, -0.05) is 23.7 Å². The van der Waals surface area contributed by atoms with Crippen LogP contribution < -0.4 is 5.43 Å². The number of nitrogens with one attached hydrogen (secondary N) is 1. The van der Waals surface area contributed by atoms with Crippen molar-refractivity contribution in [2.75, 3.05) is 0 Å². The Labute approximate surface area is 123 Å². The van der Waals surface area contributed by atoms with E-state index < -0.39 is 0 Å². The molecule has 0 saturated carbocycles. The van der Waals surface area contributed by atoms with Gasteiger partial charge in [0.2, 0.25) is 0 Å². The SMILES string of the molecule is O=C(NN=Cc1cccc(Cl)c1)c1cncc(Br)c1. The third-order valence-electron chi connectivity index (χ3n) is 2.20. The maximum atomic E-state index is 11.7. The van der Waals surface area contributed by atoms with E-state index in [0.29, 0.717) is 10.6 Å². The molecule has 0 bridgehead atoms. The number of hydrogen-bond acceptors (Lipinski definition) is 3. The fourth-order valence-corrected chi connectivity index (χ4v) is 1.92. The van der Waals surface area contributed by atoms with Crippen LogP contribution in [0.4, 0.5) is 0 Å². The number of nitrogens with zero attached hydrogens (tertiary/aromatic N) is 2. The topological polar surface area (TPSA) is 54.4 Å². The maximum absolute atomic E-state index is 11.7. The molecular formula is C13H9BrClN3O. The highest BCUT2D eigenvalue weighted by molar-refractivity contribution is 9.10. The molecule has 0 aliphatic rings. The molecule has 0 aliphatic carbocycles. The Morgan fingerprint density at radius 3 is 2.95 bits per heavy atom. The lowest BCUT2D eigenvalue weighted by Gasteiger charge is -1.99. The Kier molecular flexibility index (Phi) is 4.65. The summed E-state index contributed by atoms with van der Waals surface area (Å²) in [7, 11) is 0. The first-order valence-electron chi connectivity index (χ1n) is 5.35. The molecule has 1 aromatic heterocycles. The smallest absolute Gasteiger partial charge is 0.267 e. The number of hydrazone groups is 1. The van der Waals surface area contributed by atoms with E-state index in [2.05, 4.69) is 31.4 Å². The zero-order valence-electron chi connectivity index (χ0n) is 9.68. The van der Waals surface area contributed by atoms with Gasteiger partial charge in [-0.25, -0.2) is 5.43 Å². The van der Waals surface area contributed by atoms with Crippen molar-refractivity contribution < 1.29 is 4.79 Å². The van der Waals surface area contributed by atoms with Crippen LogP contribution in [0.2, 0.25) is 5.02 Å². The van der Waals surface area contributed by atoms with Crippen LogP contribution in [0.15, 0.2) is 52.3 Å². The molecule has 2 aromatic rings. The van der Waals surface area contributed by atoms with Gasteiger partial charge >= 0.3 is 0 Å². The van der Waals surface area contributed by atoms with Crippen molar-refractivity contribution in [1.29, 1.82) is 0 Å². The van der Waals surface area contributed by atoms with Crippen molar-refractivity contribution in [2.24, 2.45) is 5.10 Å². The zero-order chi connectivity index (χ0) is 13.7. The summed E-state index contributed by atoms with van der Waals surface area (Å²) in [6.07, 6.45) is 4.59. The van der Waals surface area contributed by atoms with Gasteiger partial charge in [-0.15, -0.1) is 0 Å². The fraction of sp³-hybridized carbons (Fsp3) is 0. The number of benzene rings is 1. The van der Waals surface area contributed by atoms with Crippen LogP contribution in [0.25, 0.3) is 0 Å². The van der Waals surface area contributed by atoms with Gasteiger partial charge in [-0.3, -0.25) is 9.78 Å². The van der Waals surface area contributed by atoms with Crippen molar-refractivity contribution >= 4 is 39.7 Å². The molecule has 1 aromatic carbocycles. The first kappa shape index (κ1) is 13.7. The molecule has 4 nitrogen and oxygen atoms in total. The summed E-state index contributed by atoms with van der Waals surface area (Å²) < 4.78 is 0.735. The van der Waals surface area contributed by atoms with Gasteiger partial charge in [0.1, 0.15) is 0 Å². The first-order chi connectivity index (χ1) is 9.15. The molecule has 1 heterocycles. The molecular weight excluding hydrogens is 330 g/mol. The highest BCUT2D eigenvalue weighted by Gasteiger charge is 2.04. The third-order valence-corrected chi connectivity index (χ3v) is 2.86. The van der Waals surface area contributed by atoms with E-state index in [-0.39, 0.29) is 5.91 Å². The van der Waals surface area contributed by atoms with Crippen molar-refractivity contribution in [1.82, 2.24) is 10.4 Å². The Morgan fingerprint density at radius 1 is 1.37 bits per heavy atom. The van der Waals surface area contributed by atoms with E-state index in [1.807, 2.05) is 12.1 Å².